The Bertz CT molecular complexity index is 734. The number of hydrogen-bond donors (Lipinski definition) is 1. The van der Waals surface area contributed by atoms with Crippen molar-refractivity contribution in [3.63, 3.8) is 0 Å². The van der Waals surface area contributed by atoms with Crippen LogP contribution in [-0.4, -0.2) is 12.7 Å². The highest BCUT2D eigenvalue weighted by atomic mass is 16.7. The highest BCUT2D eigenvalue weighted by Crippen LogP contribution is 2.44. The molecule has 114 valence electrons. The van der Waals surface area contributed by atoms with Crippen LogP contribution in [0.1, 0.15) is 42.8 Å². The number of nitrogens with one attached hydrogen (secondary N) is 1. The minimum atomic E-state index is -0.0798. The summed E-state index contributed by atoms with van der Waals surface area (Å²) in [6, 6.07) is 7.75. The van der Waals surface area contributed by atoms with E-state index in [1.807, 2.05) is 24.3 Å². The van der Waals surface area contributed by atoms with Gasteiger partial charge in [-0.1, -0.05) is 6.92 Å². The van der Waals surface area contributed by atoms with Gasteiger partial charge in [-0.15, -0.1) is 0 Å². The average molecular weight is 299 g/mol. The molecule has 1 atom stereocenters. The number of carbonyl (C=O) groups excluding carboxylic acids is 1. The Morgan fingerprint density at radius 1 is 1.23 bits per heavy atom. The van der Waals surface area contributed by atoms with Gasteiger partial charge < -0.3 is 19.2 Å². The third-order valence-corrected chi connectivity index (χ3v) is 4.11. The van der Waals surface area contributed by atoms with Gasteiger partial charge in [-0.05, 0) is 30.2 Å². The summed E-state index contributed by atoms with van der Waals surface area (Å²) in [6.07, 6.45) is 2.33. The van der Waals surface area contributed by atoms with E-state index < -0.39 is 0 Å². The first-order valence-corrected chi connectivity index (χ1v) is 7.56. The zero-order valence-electron chi connectivity index (χ0n) is 12.3. The maximum Gasteiger partial charge on any atom is 0.231 e. The number of rotatable bonds is 3. The number of carbonyl (C=O) groups is 1. The van der Waals surface area contributed by atoms with E-state index in [1.165, 1.54) is 0 Å². The van der Waals surface area contributed by atoms with Crippen molar-refractivity contribution in [1.82, 2.24) is 0 Å². The fourth-order valence-corrected chi connectivity index (χ4v) is 3.07. The highest BCUT2D eigenvalue weighted by Gasteiger charge is 2.31. The second-order valence-electron chi connectivity index (χ2n) is 5.65. The van der Waals surface area contributed by atoms with Crippen molar-refractivity contribution < 1.29 is 18.7 Å². The molecule has 1 N–H and O–H groups in total. The molecule has 4 rings (SSSR count). The van der Waals surface area contributed by atoms with Crippen molar-refractivity contribution in [2.75, 3.05) is 12.1 Å². The molecule has 0 unspecified atom stereocenters. The van der Waals surface area contributed by atoms with Crippen LogP contribution in [0.3, 0.4) is 0 Å². The topological polar surface area (TPSA) is 60.7 Å². The Balaban J connectivity index is 1.76. The lowest BCUT2D eigenvalue weighted by atomic mass is 9.88. The fraction of sp³-hybridized carbons (Fsp3) is 0.353. The van der Waals surface area contributed by atoms with E-state index in [0.29, 0.717) is 12.2 Å². The molecule has 1 aromatic heterocycles. The molecule has 0 bridgehead atoms. The lowest BCUT2D eigenvalue weighted by molar-refractivity contribution is -0.116. The molecule has 5 heteroatoms. The van der Waals surface area contributed by atoms with Crippen LogP contribution < -0.4 is 14.8 Å². The van der Waals surface area contributed by atoms with E-state index in [1.54, 1.807) is 0 Å². The van der Waals surface area contributed by atoms with Crippen molar-refractivity contribution >= 4 is 11.6 Å². The first-order chi connectivity index (χ1) is 10.7. The summed E-state index contributed by atoms with van der Waals surface area (Å²) >= 11 is 0. The standard InChI is InChI=1S/C17H17NO4/c1-2-3-10-4-5-14(22-10)12-7-17(19)18-13-8-16-15(6-11(12)13)20-9-21-16/h4-6,8,12H,2-3,7,9H2,1H3,(H,18,19)/t12-/m1/s1. The average Bonchev–Trinajstić information content (AvgIpc) is 3.13. The van der Waals surface area contributed by atoms with Gasteiger partial charge in [0, 0.05) is 24.6 Å². The minimum absolute atomic E-state index is 0.00944. The summed E-state index contributed by atoms with van der Waals surface area (Å²) in [5, 5.41) is 2.91. The summed E-state index contributed by atoms with van der Waals surface area (Å²) in [4.78, 5) is 12.0. The zero-order valence-corrected chi connectivity index (χ0v) is 12.3. The Labute approximate surface area is 128 Å². The fourth-order valence-electron chi connectivity index (χ4n) is 3.07. The van der Waals surface area contributed by atoms with Gasteiger partial charge in [0.15, 0.2) is 11.5 Å². The zero-order chi connectivity index (χ0) is 15.1. The minimum Gasteiger partial charge on any atom is -0.465 e. The monoisotopic (exact) mass is 299 g/mol. The van der Waals surface area contributed by atoms with Gasteiger partial charge in [-0.3, -0.25) is 4.79 Å². The van der Waals surface area contributed by atoms with E-state index in [4.69, 9.17) is 13.9 Å². The molecule has 2 aliphatic heterocycles. The van der Waals surface area contributed by atoms with E-state index in [0.717, 1.165) is 41.4 Å². The van der Waals surface area contributed by atoms with E-state index in [9.17, 15) is 4.79 Å². The normalized spacial score (nSPS) is 19.0. The lowest BCUT2D eigenvalue weighted by Crippen LogP contribution is -2.23. The molecule has 0 fully saturated rings. The van der Waals surface area contributed by atoms with Crippen molar-refractivity contribution in [2.45, 2.75) is 32.1 Å². The van der Waals surface area contributed by atoms with E-state index >= 15 is 0 Å². The Morgan fingerprint density at radius 2 is 2.05 bits per heavy atom. The molecule has 3 heterocycles. The predicted octanol–water partition coefficient (Wildman–Crippen LogP) is 3.43. The van der Waals surface area contributed by atoms with Gasteiger partial charge in [0.1, 0.15) is 11.5 Å². The summed E-state index contributed by atoms with van der Waals surface area (Å²) in [7, 11) is 0. The number of aryl methyl sites for hydroxylation is 1. The first kappa shape index (κ1) is 13.2. The van der Waals surface area contributed by atoms with Crippen LogP contribution in [0.4, 0.5) is 5.69 Å². The van der Waals surface area contributed by atoms with Crippen molar-refractivity contribution in [2.24, 2.45) is 0 Å². The van der Waals surface area contributed by atoms with Crippen LogP contribution in [0.25, 0.3) is 0 Å². The molecule has 1 amide bonds. The van der Waals surface area contributed by atoms with Crippen LogP contribution >= 0.6 is 0 Å². The van der Waals surface area contributed by atoms with Gasteiger partial charge >= 0.3 is 0 Å². The number of anilines is 1. The summed E-state index contributed by atoms with van der Waals surface area (Å²) in [5.74, 6) is 3.10. The molecule has 0 saturated heterocycles. The van der Waals surface area contributed by atoms with Gasteiger partial charge in [0.2, 0.25) is 12.7 Å². The Hall–Kier alpha value is -2.43. The van der Waals surface area contributed by atoms with Gasteiger partial charge in [-0.2, -0.15) is 0 Å². The number of furan rings is 1. The highest BCUT2D eigenvalue weighted by molar-refractivity contribution is 5.95. The number of fused-ring (bicyclic) bond motifs is 2. The number of benzene rings is 1. The second-order valence-corrected chi connectivity index (χ2v) is 5.65. The summed E-state index contributed by atoms with van der Waals surface area (Å²) in [6.45, 7) is 2.34. The summed E-state index contributed by atoms with van der Waals surface area (Å²) < 4.78 is 16.8. The maximum atomic E-state index is 12.0. The van der Waals surface area contributed by atoms with Gasteiger partial charge in [0.05, 0.1) is 5.92 Å². The van der Waals surface area contributed by atoms with Crippen molar-refractivity contribution in [1.29, 1.82) is 0 Å². The quantitative estimate of drug-likeness (QED) is 0.943. The molecule has 1 aromatic carbocycles. The maximum absolute atomic E-state index is 12.0. The molecule has 2 aliphatic rings. The summed E-state index contributed by atoms with van der Waals surface area (Å²) in [5.41, 5.74) is 1.79. The molecule has 0 aliphatic carbocycles. The molecular formula is C17H17NO4. The molecule has 0 radical (unpaired) electrons. The van der Waals surface area contributed by atoms with Gasteiger partial charge in [-0.25, -0.2) is 0 Å². The van der Waals surface area contributed by atoms with E-state index in [-0.39, 0.29) is 18.6 Å². The van der Waals surface area contributed by atoms with Crippen LogP contribution in [-0.2, 0) is 11.2 Å². The molecule has 0 saturated carbocycles. The molecular weight excluding hydrogens is 282 g/mol. The van der Waals surface area contributed by atoms with Crippen molar-refractivity contribution in [3.8, 4) is 11.5 Å². The van der Waals surface area contributed by atoms with Crippen molar-refractivity contribution in [3.05, 3.63) is 41.3 Å². The third-order valence-electron chi connectivity index (χ3n) is 4.11. The number of ether oxygens (including phenoxy) is 2. The SMILES string of the molecule is CCCc1ccc([C@@H]2CC(=O)Nc3cc4c(cc32)OCO4)o1. The van der Waals surface area contributed by atoms with Crippen LogP contribution in [0.2, 0.25) is 0 Å². The lowest BCUT2D eigenvalue weighted by Gasteiger charge is -2.24. The first-order valence-electron chi connectivity index (χ1n) is 7.56. The Kier molecular flexibility index (Phi) is 3.06. The second kappa shape index (κ2) is 5.09. The number of hydrogen-bond acceptors (Lipinski definition) is 4. The smallest absolute Gasteiger partial charge is 0.231 e. The Morgan fingerprint density at radius 3 is 2.86 bits per heavy atom. The van der Waals surface area contributed by atoms with E-state index in [2.05, 4.69) is 12.2 Å². The van der Waals surface area contributed by atoms with Crippen LogP contribution in [0.5, 0.6) is 11.5 Å². The largest absolute Gasteiger partial charge is 0.465 e. The molecule has 2 aromatic rings. The van der Waals surface area contributed by atoms with Crippen LogP contribution in [0, 0.1) is 0 Å². The van der Waals surface area contributed by atoms with Crippen LogP contribution in [0.15, 0.2) is 28.7 Å². The molecule has 0 spiro atoms. The molecule has 22 heavy (non-hydrogen) atoms. The van der Waals surface area contributed by atoms with Gasteiger partial charge in [0.25, 0.3) is 0 Å². The number of amides is 1. The molecule has 5 nitrogen and oxygen atoms in total. The third kappa shape index (κ3) is 2.13. The predicted molar refractivity (Wildman–Crippen MR) is 80.4 cm³/mol.